The minimum absolute atomic E-state index is 0.0972. The van der Waals surface area contributed by atoms with Crippen molar-refractivity contribution in [2.75, 3.05) is 34.1 Å². The molecule has 0 bridgehead atoms. The normalized spacial score (nSPS) is 14.4. The molecule has 0 aliphatic heterocycles. The molecular weight excluding hydrogens is 279 g/mol. The molecule has 0 spiro atoms. The van der Waals surface area contributed by atoms with Crippen molar-refractivity contribution in [3.05, 3.63) is 59.7 Å². The third kappa shape index (κ3) is 2.79. The Morgan fingerprint density at radius 1 is 0.909 bits per heavy atom. The molecule has 1 aliphatic carbocycles. The van der Waals surface area contributed by atoms with Crippen molar-refractivity contribution in [2.24, 2.45) is 0 Å². The second-order valence-electron chi connectivity index (χ2n) is 5.23. The molecule has 3 heteroatoms. The molecule has 2 aromatic carbocycles. The van der Waals surface area contributed by atoms with Crippen LogP contribution in [0.5, 0.6) is 0 Å². The van der Waals surface area contributed by atoms with Crippen LogP contribution in [0.25, 0.3) is 11.1 Å². The summed E-state index contributed by atoms with van der Waals surface area (Å²) in [6.07, 6.45) is 0. The molecule has 0 fully saturated rings. The summed E-state index contributed by atoms with van der Waals surface area (Å²) in [6.45, 7) is 0.656. The maximum absolute atomic E-state index is 10.5. The second-order valence-corrected chi connectivity index (χ2v) is 5.23. The molecule has 22 heavy (non-hydrogen) atoms. The Labute approximate surface area is 133 Å². The van der Waals surface area contributed by atoms with Crippen molar-refractivity contribution < 1.29 is 15.2 Å². The number of hydrogen-bond acceptors (Lipinski definition) is 2. The van der Waals surface area contributed by atoms with Gasteiger partial charge in [-0.2, -0.15) is 0 Å². The molecule has 3 rings (SSSR count). The average molecular weight is 303 g/mol. The van der Waals surface area contributed by atoms with Crippen LogP contribution >= 0.6 is 0 Å². The van der Waals surface area contributed by atoms with Gasteiger partial charge in [0.2, 0.25) is 0 Å². The van der Waals surface area contributed by atoms with Crippen LogP contribution in [0.1, 0.15) is 19.4 Å². The summed E-state index contributed by atoms with van der Waals surface area (Å²) in [4.78, 5) is 0. The molecule has 0 N–H and O–H groups in total. The molecule has 118 valence electrons. The molecule has 0 saturated heterocycles. The van der Waals surface area contributed by atoms with E-state index in [0.29, 0.717) is 13.2 Å². The standard InChI is InChI=1S/C17H18O2.C2H5F/c1-18-11-17(12-19-2)15-9-5-3-7-13(15)14-8-4-6-10-16(14)17;1-2-3/h3-10H,11-12H2,1-2H3;2H2,1H3/i;1D. The highest BCUT2D eigenvalue weighted by Gasteiger charge is 2.43. The van der Waals surface area contributed by atoms with Crippen molar-refractivity contribution in [1.29, 1.82) is 0 Å². The third-order valence-electron chi connectivity index (χ3n) is 3.96. The summed E-state index contributed by atoms with van der Waals surface area (Å²) in [5, 5.41) is 0. The number of ether oxygens (including phenoxy) is 2. The van der Waals surface area contributed by atoms with Crippen molar-refractivity contribution in [3.8, 4) is 11.1 Å². The Balaban J connectivity index is 0.000000433. The monoisotopic (exact) mass is 303 g/mol. The van der Waals surface area contributed by atoms with E-state index in [1.54, 1.807) is 14.2 Å². The Bertz CT molecular complexity index is 575. The van der Waals surface area contributed by atoms with Gasteiger partial charge in [-0.25, -0.2) is 0 Å². The van der Waals surface area contributed by atoms with E-state index in [-0.39, 0.29) is 12.3 Å². The summed E-state index contributed by atoms with van der Waals surface area (Å²) < 4.78 is 27.6. The van der Waals surface area contributed by atoms with Gasteiger partial charge in [-0.3, -0.25) is 4.39 Å². The quantitative estimate of drug-likeness (QED) is 0.842. The second kappa shape index (κ2) is 7.52. The number of halogens is 1. The van der Waals surface area contributed by atoms with Crippen LogP contribution in [0, 0.1) is 0 Å². The number of benzene rings is 2. The topological polar surface area (TPSA) is 18.5 Å². The summed E-state index contributed by atoms with van der Waals surface area (Å²) >= 11 is 0. The maximum Gasteiger partial charge on any atom is 0.0866 e. The first kappa shape index (κ1) is 15.2. The summed E-state index contributed by atoms with van der Waals surface area (Å²) in [7, 11) is 3.50. The van der Waals surface area contributed by atoms with Crippen LogP contribution in [0.15, 0.2) is 48.5 Å². The Hall–Kier alpha value is -1.71. The Morgan fingerprint density at radius 2 is 1.32 bits per heavy atom. The van der Waals surface area contributed by atoms with Gasteiger partial charge in [0.1, 0.15) is 0 Å². The van der Waals surface area contributed by atoms with Gasteiger partial charge in [0, 0.05) is 15.6 Å². The lowest BCUT2D eigenvalue weighted by molar-refractivity contribution is 0.0814. The predicted octanol–water partition coefficient (Wildman–Crippen LogP) is 4.22. The summed E-state index contributed by atoms with van der Waals surface area (Å²) in [5.74, 6) is 0. The molecule has 0 unspecified atom stereocenters. The van der Waals surface area contributed by atoms with Crippen LogP contribution < -0.4 is 0 Å². The van der Waals surface area contributed by atoms with Gasteiger partial charge in [0.05, 0.1) is 25.3 Å². The van der Waals surface area contributed by atoms with Gasteiger partial charge in [-0.05, 0) is 29.2 Å². The maximum atomic E-state index is 10.5. The van der Waals surface area contributed by atoms with Crippen LogP contribution in [0.3, 0.4) is 0 Å². The average Bonchev–Trinajstić information content (AvgIpc) is 2.87. The molecule has 0 amide bonds. The van der Waals surface area contributed by atoms with Gasteiger partial charge < -0.3 is 9.47 Å². The lowest BCUT2D eigenvalue weighted by Gasteiger charge is -2.30. The fourth-order valence-corrected chi connectivity index (χ4v) is 3.26. The number of fused-ring (bicyclic) bond motifs is 3. The first-order valence-electron chi connectivity index (χ1n) is 7.98. The number of alkyl halides is 1. The van der Waals surface area contributed by atoms with E-state index in [9.17, 15) is 4.39 Å². The molecule has 0 aromatic heterocycles. The fourth-order valence-electron chi connectivity index (χ4n) is 3.26. The van der Waals surface area contributed by atoms with E-state index in [1.807, 2.05) is 0 Å². The van der Waals surface area contributed by atoms with E-state index in [1.165, 1.54) is 22.3 Å². The first-order valence-corrected chi connectivity index (χ1v) is 7.27. The highest BCUT2D eigenvalue weighted by atomic mass is 19.1. The minimum Gasteiger partial charge on any atom is -0.383 e. The molecule has 1 aliphatic rings. The third-order valence-corrected chi connectivity index (χ3v) is 3.96. The zero-order valence-electron chi connectivity index (χ0n) is 14.1. The van der Waals surface area contributed by atoms with Gasteiger partial charge in [-0.1, -0.05) is 48.5 Å². The smallest absolute Gasteiger partial charge is 0.0866 e. The Morgan fingerprint density at radius 3 is 1.68 bits per heavy atom. The van der Waals surface area contributed by atoms with Crippen LogP contribution in [-0.4, -0.2) is 34.1 Å². The SMILES string of the molecule is COCC1(COC)c2ccccc2-c2ccccc21.[2H]CCF. The minimum atomic E-state index is -0.514. The lowest BCUT2D eigenvalue weighted by Crippen LogP contribution is -2.35. The van der Waals surface area contributed by atoms with Crippen LogP contribution in [-0.2, 0) is 14.9 Å². The van der Waals surface area contributed by atoms with E-state index in [0.717, 1.165) is 0 Å². The Kier molecular flexibility index (Phi) is 5.20. The molecule has 0 atom stereocenters. The molecule has 0 heterocycles. The van der Waals surface area contributed by atoms with Gasteiger partial charge in [0.15, 0.2) is 0 Å². The van der Waals surface area contributed by atoms with Gasteiger partial charge >= 0.3 is 0 Å². The molecule has 0 saturated carbocycles. The lowest BCUT2D eigenvalue weighted by atomic mass is 9.79. The number of hydrogen-bond donors (Lipinski definition) is 0. The predicted molar refractivity (Wildman–Crippen MR) is 88.1 cm³/mol. The van der Waals surface area contributed by atoms with Gasteiger partial charge in [-0.15, -0.1) is 0 Å². The molecular formula is C19H23FO2. The van der Waals surface area contributed by atoms with Crippen molar-refractivity contribution in [1.82, 2.24) is 0 Å². The summed E-state index contributed by atoms with van der Waals surface area (Å²) in [6, 6.07) is 17.1. The fraction of sp³-hybridized carbons (Fsp3) is 0.368. The van der Waals surface area contributed by atoms with E-state index >= 15 is 0 Å². The van der Waals surface area contributed by atoms with Crippen LogP contribution in [0.4, 0.5) is 4.39 Å². The molecule has 2 aromatic rings. The number of methoxy groups -OCH3 is 2. The van der Waals surface area contributed by atoms with E-state index in [2.05, 4.69) is 48.5 Å². The largest absolute Gasteiger partial charge is 0.383 e. The number of rotatable bonds is 4. The van der Waals surface area contributed by atoms with Crippen LogP contribution in [0.2, 0.25) is 0 Å². The van der Waals surface area contributed by atoms with E-state index in [4.69, 9.17) is 10.8 Å². The van der Waals surface area contributed by atoms with E-state index < -0.39 is 6.67 Å². The zero-order chi connectivity index (χ0) is 16.7. The van der Waals surface area contributed by atoms with Gasteiger partial charge in [0.25, 0.3) is 0 Å². The molecule has 2 nitrogen and oxygen atoms in total. The highest BCUT2D eigenvalue weighted by Crippen LogP contribution is 2.48. The van der Waals surface area contributed by atoms with Crippen molar-refractivity contribution in [3.63, 3.8) is 0 Å². The van der Waals surface area contributed by atoms with Crippen molar-refractivity contribution >= 4 is 0 Å². The molecule has 0 radical (unpaired) electrons. The van der Waals surface area contributed by atoms with Crippen molar-refractivity contribution in [2.45, 2.75) is 12.3 Å². The highest BCUT2D eigenvalue weighted by molar-refractivity contribution is 5.81. The summed E-state index contributed by atoms with van der Waals surface area (Å²) in [5.41, 5.74) is 5.02. The zero-order valence-corrected chi connectivity index (χ0v) is 13.1. The first-order chi connectivity index (χ1) is 11.2.